The first kappa shape index (κ1) is 12.4. The van der Waals surface area contributed by atoms with E-state index in [2.05, 4.69) is 4.98 Å². The number of fused-ring (bicyclic) bond motifs is 1. The van der Waals surface area contributed by atoms with Crippen LogP contribution in [0.2, 0.25) is 0 Å². The number of benzene rings is 2. The maximum atomic E-state index is 11.9. The number of hydrogen-bond acceptors (Lipinski definition) is 4. The minimum atomic E-state index is -0.359. The Balaban J connectivity index is 2.12. The summed E-state index contributed by atoms with van der Waals surface area (Å²) in [5, 5.41) is 0.501. The Bertz CT molecular complexity index is 805. The van der Waals surface area contributed by atoms with Crippen LogP contribution in [0, 0.1) is 0 Å². The van der Waals surface area contributed by atoms with Gasteiger partial charge in [-0.1, -0.05) is 12.1 Å². The Morgan fingerprint density at radius 2 is 1.70 bits per heavy atom. The lowest BCUT2D eigenvalue weighted by molar-refractivity contribution is 0.518. The maximum Gasteiger partial charge on any atom is 0.347 e. The van der Waals surface area contributed by atoms with Crippen LogP contribution in [0.25, 0.3) is 22.4 Å². The molecule has 0 spiro atoms. The monoisotopic (exact) mass is 266 g/mol. The number of nitrogens with zero attached hydrogens (tertiary/aromatic N) is 2. The Morgan fingerprint density at radius 3 is 2.40 bits per heavy atom. The highest BCUT2D eigenvalue weighted by atomic mass is 16.4. The molecule has 0 N–H and O–H groups in total. The first-order valence-corrected chi connectivity index (χ1v) is 6.33. The van der Waals surface area contributed by atoms with Gasteiger partial charge in [-0.05, 0) is 36.4 Å². The smallest absolute Gasteiger partial charge is 0.347 e. The van der Waals surface area contributed by atoms with Crippen molar-refractivity contribution in [3.05, 3.63) is 59.0 Å². The molecule has 4 nitrogen and oxygen atoms in total. The van der Waals surface area contributed by atoms with Crippen LogP contribution in [0.15, 0.2) is 57.7 Å². The number of aromatic nitrogens is 1. The second-order valence-corrected chi connectivity index (χ2v) is 4.76. The van der Waals surface area contributed by atoms with Crippen LogP contribution in [0.5, 0.6) is 0 Å². The van der Waals surface area contributed by atoms with E-state index in [1.165, 1.54) is 0 Å². The van der Waals surface area contributed by atoms with E-state index < -0.39 is 0 Å². The molecule has 0 saturated heterocycles. The van der Waals surface area contributed by atoms with E-state index >= 15 is 0 Å². The molecule has 3 rings (SSSR count). The molecule has 0 saturated carbocycles. The third-order valence-electron chi connectivity index (χ3n) is 3.17. The van der Waals surface area contributed by atoms with Crippen molar-refractivity contribution in [1.82, 2.24) is 4.98 Å². The molecule has 0 aliphatic heterocycles. The fraction of sp³-hybridized carbons (Fsp3) is 0.125. The van der Waals surface area contributed by atoms with Gasteiger partial charge in [0.15, 0.2) is 0 Å². The van der Waals surface area contributed by atoms with Crippen LogP contribution in [0.4, 0.5) is 5.69 Å². The second-order valence-electron chi connectivity index (χ2n) is 4.76. The van der Waals surface area contributed by atoms with E-state index in [4.69, 9.17) is 4.42 Å². The summed E-state index contributed by atoms with van der Waals surface area (Å²) >= 11 is 0. The minimum absolute atomic E-state index is 0.346. The van der Waals surface area contributed by atoms with Crippen molar-refractivity contribution in [3.8, 4) is 11.5 Å². The molecule has 20 heavy (non-hydrogen) atoms. The average molecular weight is 266 g/mol. The molecule has 4 heteroatoms. The first-order valence-electron chi connectivity index (χ1n) is 6.33. The summed E-state index contributed by atoms with van der Waals surface area (Å²) in [6, 6.07) is 14.9. The third kappa shape index (κ3) is 2.16. The highest BCUT2D eigenvalue weighted by Crippen LogP contribution is 2.21. The lowest BCUT2D eigenvalue weighted by Crippen LogP contribution is -2.08. The molecule has 0 fully saturated rings. The summed E-state index contributed by atoms with van der Waals surface area (Å²) in [5.41, 5.74) is 2.16. The standard InChI is InChI=1S/C16H14N2O2/c1-18(2)12-9-7-11(8-10-12)15-17-14-6-4-3-5-13(14)16(19)20-15/h3-10H,1-2H3. The second kappa shape index (κ2) is 4.81. The SMILES string of the molecule is CN(C)c1ccc(-c2nc3ccccc3c(=O)o2)cc1. The lowest BCUT2D eigenvalue weighted by atomic mass is 10.2. The highest BCUT2D eigenvalue weighted by molar-refractivity contribution is 5.78. The van der Waals surface area contributed by atoms with Crippen LogP contribution < -0.4 is 10.5 Å². The normalized spacial score (nSPS) is 10.7. The fourth-order valence-electron chi connectivity index (χ4n) is 2.04. The van der Waals surface area contributed by atoms with Crippen molar-refractivity contribution in [2.24, 2.45) is 0 Å². The van der Waals surface area contributed by atoms with E-state index in [0.717, 1.165) is 11.3 Å². The Morgan fingerprint density at radius 1 is 1.00 bits per heavy atom. The molecule has 0 unspecified atom stereocenters. The molecular weight excluding hydrogens is 252 g/mol. The van der Waals surface area contributed by atoms with Crippen LogP contribution >= 0.6 is 0 Å². The van der Waals surface area contributed by atoms with E-state index in [1.54, 1.807) is 12.1 Å². The van der Waals surface area contributed by atoms with E-state index in [9.17, 15) is 4.79 Å². The van der Waals surface area contributed by atoms with Gasteiger partial charge in [-0.25, -0.2) is 9.78 Å². The van der Waals surface area contributed by atoms with E-state index in [0.29, 0.717) is 16.8 Å². The molecule has 100 valence electrons. The Kier molecular flexibility index (Phi) is 2.99. The molecule has 1 heterocycles. The van der Waals surface area contributed by atoms with Gasteiger partial charge in [0, 0.05) is 25.3 Å². The van der Waals surface area contributed by atoms with Gasteiger partial charge in [-0.2, -0.15) is 0 Å². The van der Waals surface area contributed by atoms with Crippen molar-refractivity contribution in [1.29, 1.82) is 0 Å². The maximum absolute atomic E-state index is 11.9. The third-order valence-corrected chi connectivity index (χ3v) is 3.17. The van der Waals surface area contributed by atoms with Crippen molar-refractivity contribution in [3.63, 3.8) is 0 Å². The molecule has 3 aromatic rings. The zero-order valence-electron chi connectivity index (χ0n) is 11.3. The van der Waals surface area contributed by atoms with Crippen LogP contribution in [-0.4, -0.2) is 19.1 Å². The molecule has 0 aliphatic carbocycles. The number of anilines is 1. The molecule has 0 aliphatic rings. The molecule has 0 atom stereocenters. The number of hydrogen-bond donors (Lipinski definition) is 0. The van der Waals surface area contributed by atoms with Gasteiger partial charge in [0.1, 0.15) is 0 Å². The molecule has 1 aromatic heterocycles. The van der Waals surface area contributed by atoms with Crippen LogP contribution in [0.3, 0.4) is 0 Å². The number of rotatable bonds is 2. The molecule has 0 bridgehead atoms. The zero-order valence-corrected chi connectivity index (χ0v) is 11.3. The summed E-state index contributed by atoms with van der Waals surface area (Å²) in [6.07, 6.45) is 0. The van der Waals surface area contributed by atoms with Gasteiger partial charge in [0.2, 0.25) is 5.89 Å². The molecule has 0 radical (unpaired) electrons. The van der Waals surface area contributed by atoms with Crippen LogP contribution in [-0.2, 0) is 0 Å². The van der Waals surface area contributed by atoms with Gasteiger partial charge in [-0.3, -0.25) is 0 Å². The Hall–Kier alpha value is -2.62. The van der Waals surface area contributed by atoms with Gasteiger partial charge in [0.25, 0.3) is 0 Å². The van der Waals surface area contributed by atoms with E-state index in [1.807, 2.05) is 55.4 Å². The van der Waals surface area contributed by atoms with Crippen molar-refractivity contribution in [2.45, 2.75) is 0 Å². The zero-order chi connectivity index (χ0) is 14.1. The topological polar surface area (TPSA) is 46.3 Å². The predicted octanol–water partition coefficient (Wildman–Crippen LogP) is 2.92. The molecular formula is C16H14N2O2. The summed E-state index contributed by atoms with van der Waals surface area (Å²) in [4.78, 5) is 18.3. The largest absolute Gasteiger partial charge is 0.403 e. The predicted molar refractivity (Wildman–Crippen MR) is 80.0 cm³/mol. The van der Waals surface area contributed by atoms with Crippen molar-refractivity contribution >= 4 is 16.6 Å². The van der Waals surface area contributed by atoms with E-state index in [-0.39, 0.29) is 5.63 Å². The highest BCUT2D eigenvalue weighted by Gasteiger charge is 2.08. The summed E-state index contributed by atoms with van der Waals surface area (Å²) < 4.78 is 5.30. The summed E-state index contributed by atoms with van der Waals surface area (Å²) in [7, 11) is 3.95. The van der Waals surface area contributed by atoms with Crippen molar-refractivity contribution < 1.29 is 4.42 Å². The van der Waals surface area contributed by atoms with Gasteiger partial charge in [0.05, 0.1) is 10.9 Å². The fourth-order valence-corrected chi connectivity index (χ4v) is 2.04. The van der Waals surface area contributed by atoms with Crippen LogP contribution in [0.1, 0.15) is 0 Å². The summed E-state index contributed by atoms with van der Waals surface area (Å²) in [5.74, 6) is 0.346. The summed E-state index contributed by atoms with van der Waals surface area (Å²) in [6.45, 7) is 0. The van der Waals surface area contributed by atoms with Gasteiger partial charge >= 0.3 is 5.63 Å². The van der Waals surface area contributed by atoms with Gasteiger partial charge < -0.3 is 9.32 Å². The molecule has 0 amide bonds. The molecule has 2 aromatic carbocycles. The average Bonchev–Trinajstić information content (AvgIpc) is 2.47. The number of para-hydroxylation sites is 1. The first-order chi connectivity index (χ1) is 9.65. The lowest BCUT2D eigenvalue weighted by Gasteiger charge is -2.12. The van der Waals surface area contributed by atoms with Gasteiger partial charge in [-0.15, -0.1) is 0 Å². The van der Waals surface area contributed by atoms with Crippen molar-refractivity contribution in [2.75, 3.05) is 19.0 Å². The Labute approximate surface area is 116 Å². The minimum Gasteiger partial charge on any atom is -0.403 e. The quantitative estimate of drug-likeness (QED) is 0.715.